The second-order valence-electron chi connectivity index (χ2n) is 5.11. The van der Waals surface area contributed by atoms with Gasteiger partial charge in [0.2, 0.25) is 0 Å². The standard InChI is InChI=1S/C16H21N3O/c1-12-11-17-18-16(13(12)2)19(3)10-9-15(20)14-7-5-4-6-8-14/h4-8,11,15,20H,9-10H2,1-3H3. The number of nitrogens with zero attached hydrogens (tertiary/aromatic N) is 3. The number of aromatic nitrogens is 2. The van der Waals surface area contributed by atoms with Crippen LogP contribution in [0.5, 0.6) is 0 Å². The van der Waals surface area contributed by atoms with Gasteiger partial charge >= 0.3 is 0 Å². The molecule has 4 nitrogen and oxygen atoms in total. The number of rotatable bonds is 5. The summed E-state index contributed by atoms with van der Waals surface area (Å²) in [6, 6.07) is 9.73. The van der Waals surface area contributed by atoms with Crippen molar-refractivity contribution < 1.29 is 5.11 Å². The lowest BCUT2D eigenvalue weighted by Crippen LogP contribution is -2.23. The number of hydrogen-bond donors (Lipinski definition) is 1. The van der Waals surface area contributed by atoms with E-state index in [0.717, 1.165) is 29.1 Å². The summed E-state index contributed by atoms with van der Waals surface area (Å²) in [5.74, 6) is 0.880. The summed E-state index contributed by atoms with van der Waals surface area (Å²) in [7, 11) is 1.98. The van der Waals surface area contributed by atoms with Crippen molar-refractivity contribution in [1.29, 1.82) is 0 Å². The van der Waals surface area contributed by atoms with Gasteiger partial charge in [0.15, 0.2) is 5.82 Å². The Morgan fingerprint density at radius 1 is 1.20 bits per heavy atom. The van der Waals surface area contributed by atoms with Gasteiger partial charge in [0, 0.05) is 13.6 Å². The lowest BCUT2D eigenvalue weighted by molar-refractivity contribution is 0.169. The molecule has 1 N–H and O–H groups in total. The predicted molar refractivity (Wildman–Crippen MR) is 80.8 cm³/mol. The maximum atomic E-state index is 10.2. The Morgan fingerprint density at radius 2 is 1.90 bits per heavy atom. The summed E-state index contributed by atoms with van der Waals surface area (Å²) >= 11 is 0. The minimum absolute atomic E-state index is 0.447. The van der Waals surface area contributed by atoms with Gasteiger partial charge in [-0.1, -0.05) is 30.3 Å². The molecular weight excluding hydrogens is 250 g/mol. The molecule has 1 aromatic carbocycles. The van der Waals surface area contributed by atoms with Crippen molar-refractivity contribution in [1.82, 2.24) is 10.2 Å². The van der Waals surface area contributed by atoms with E-state index < -0.39 is 6.10 Å². The minimum Gasteiger partial charge on any atom is -0.388 e. The first-order valence-electron chi connectivity index (χ1n) is 6.82. The van der Waals surface area contributed by atoms with E-state index in [1.165, 1.54) is 0 Å². The van der Waals surface area contributed by atoms with Crippen LogP contribution in [0.15, 0.2) is 36.5 Å². The molecule has 1 unspecified atom stereocenters. The third-order valence-electron chi connectivity index (χ3n) is 3.61. The predicted octanol–water partition coefficient (Wildman–Crippen LogP) is 2.65. The Hall–Kier alpha value is -1.94. The van der Waals surface area contributed by atoms with Gasteiger partial charge in [0.1, 0.15) is 0 Å². The molecule has 1 heterocycles. The van der Waals surface area contributed by atoms with Gasteiger partial charge in [-0.15, -0.1) is 5.10 Å². The molecule has 4 heteroatoms. The largest absolute Gasteiger partial charge is 0.388 e. The summed E-state index contributed by atoms with van der Waals surface area (Å²) in [6.45, 7) is 4.80. The van der Waals surface area contributed by atoms with Crippen molar-refractivity contribution in [2.24, 2.45) is 0 Å². The molecular formula is C16H21N3O. The summed E-state index contributed by atoms with van der Waals surface area (Å²) in [4.78, 5) is 2.04. The zero-order valence-corrected chi connectivity index (χ0v) is 12.2. The van der Waals surface area contributed by atoms with Crippen LogP contribution in [-0.2, 0) is 0 Å². The first-order valence-corrected chi connectivity index (χ1v) is 6.82. The third-order valence-corrected chi connectivity index (χ3v) is 3.61. The van der Waals surface area contributed by atoms with E-state index >= 15 is 0 Å². The molecule has 1 atom stereocenters. The van der Waals surface area contributed by atoms with E-state index in [1.54, 1.807) is 6.20 Å². The second-order valence-corrected chi connectivity index (χ2v) is 5.11. The smallest absolute Gasteiger partial charge is 0.154 e. The monoisotopic (exact) mass is 271 g/mol. The summed E-state index contributed by atoms with van der Waals surface area (Å²) in [6.07, 6.45) is 1.98. The maximum Gasteiger partial charge on any atom is 0.154 e. The van der Waals surface area contributed by atoms with E-state index in [4.69, 9.17) is 0 Å². The first kappa shape index (κ1) is 14.5. The van der Waals surface area contributed by atoms with Crippen molar-refractivity contribution in [2.45, 2.75) is 26.4 Å². The molecule has 20 heavy (non-hydrogen) atoms. The van der Waals surface area contributed by atoms with Crippen LogP contribution >= 0.6 is 0 Å². The van der Waals surface area contributed by atoms with Gasteiger partial charge in [-0.2, -0.15) is 5.10 Å². The van der Waals surface area contributed by atoms with Crippen LogP contribution in [0.2, 0.25) is 0 Å². The van der Waals surface area contributed by atoms with E-state index in [-0.39, 0.29) is 0 Å². The first-order chi connectivity index (χ1) is 9.59. The number of hydrogen-bond acceptors (Lipinski definition) is 4. The second kappa shape index (κ2) is 6.48. The van der Waals surface area contributed by atoms with Gasteiger partial charge in [0.25, 0.3) is 0 Å². The lowest BCUT2D eigenvalue weighted by Gasteiger charge is -2.21. The van der Waals surface area contributed by atoms with Crippen LogP contribution < -0.4 is 4.90 Å². The normalized spacial score (nSPS) is 12.2. The van der Waals surface area contributed by atoms with E-state index in [1.807, 2.05) is 56.1 Å². The highest BCUT2D eigenvalue weighted by Crippen LogP contribution is 2.20. The lowest BCUT2D eigenvalue weighted by atomic mass is 10.1. The molecule has 0 aliphatic carbocycles. The molecule has 0 aliphatic heterocycles. The molecule has 106 valence electrons. The van der Waals surface area contributed by atoms with Gasteiger partial charge in [-0.3, -0.25) is 0 Å². The minimum atomic E-state index is -0.447. The molecule has 0 aliphatic rings. The van der Waals surface area contributed by atoms with Crippen LogP contribution in [0.1, 0.15) is 29.2 Å². The highest BCUT2D eigenvalue weighted by Gasteiger charge is 2.12. The van der Waals surface area contributed by atoms with Crippen molar-refractivity contribution >= 4 is 5.82 Å². The van der Waals surface area contributed by atoms with E-state index in [2.05, 4.69) is 10.2 Å². The Morgan fingerprint density at radius 3 is 2.60 bits per heavy atom. The summed E-state index contributed by atoms with van der Waals surface area (Å²) in [5.41, 5.74) is 3.22. The molecule has 2 aromatic rings. The number of aliphatic hydroxyl groups excluding tert-OH is 1. The highest BCUT2D eigenvalue weighted by molar-refractivity contribution is 5.47. The Bertz CT molecular complexity index is 557. The van der Waals surface area contributed by atoms with Crippen LogP contribution in [0.25, 0.3) is 0 Å². The zero-order valence-electron chi connectivity index (χ0n) is 12.2. The van der Waals surface area contributed by atoms with Gasteiger partial charge < -0.3 is 10.0 Å². The molecule has 0 saturated carbocycles. The number of anilines is 1. The third kappa shape index (κ3) is 3.33. The Balaban J connectivity index is 1.99. The number of aryl methyl sites for hydroxylation is 1. The molecule has 0 saturated heterocycles. The van der Waals surface area contributed by atoms with Gasteiger partial charge in [-0.05, 0) is 37.0 Å². The van der Waals surface area contributed by atoms with Crippen molar-refractivity contribution in [3.05, 3.63) is 53.2 Å². The molecule has 0 fully saturated rings. The average Bonchev–Trinajstić information content (AvgIpc) is 2.48. The van der Waals surface area contributed by atoms with Crippen molar-refractivity contribution in [2.75, 3.05) is 18.5 Å². The van der Waals surface area contributed by atoms with Crippen LogP contribution in [0, 0.1) is 13.8 Å². The van der Waals surface area contributed by atoms with E-state index in [9.17, 15) is 5.11 Å². The molecule has 0 spiro atoms. The SMILES string of the molecule is Cc1cnnc(N(C)CCC(O)c2ccccc2)c1C. The summed E-state index contributed by atoms with van der Waals surface area (Å²) in [5, 5.41) is 18.4. The Kier molecular flexibility index (Phi) is 4.69. The van der Waals surface area contributed by atoms with Gasteiger partial charge in [-0.25, -0.2) is 0 Å². The fourth-order valence-corrected chi connectivity index (χ4v) is 2.14. The van der Waals surface area contributed by atoms with Crippen molar-refractivity contribution in [3.63, 3.8) is 0 Å². The molecule has 0 radical (unpaired) electrons. The van der Waals surface area contributed by atoms with Crippen LogP contribution in [-0.4, -0.2) is 28.9 Å². The number of benzene rings is 1. The van der Waals surface area contributed by atoms with E-state index in [0.29, 0.717) is 6.42 Å². The molecule has 1 aromatic heterocycles. The molecule has 2 rings (SSSR count). The highest BCUT2D eigenvalue weighted by atomic mass is 16.3. The average molecular weight is 271 g/mol. The topological polar surface area (TPSA) is 49.2 Å². The fraction of sp³-hybridized carbons (Fsp3) is 0.375. The van der Waals surface area contributed by atoms with Gasteiger partial charge in [0.05, 0.1) is 12.3 Å². The van der Waals surface area contributed by atoms with Crippen LogP contribution in [0.4, 0.5) is 5.82 Å². The maximum absolute atomic E-state index is 10.2. The Labute approximate surface area is 120 Å². The molecule has 0 bridgehead atoms. The fourth-order valence-electron chi connectivity index (χ4n) is 2.14. The number of aliphatic hydroxyl groups is 1. The zero-order chi connectivity index (χ0) is 14.5. The summed E-state index contributed by atoms with van der Waals surface area (Å²) < 4.78 is 0. The van der Waals surface area contributed by atoms with Crippen LogP contribution in [0.3, 0.4) is 0 Å². The van der Waals surface area contributed by atoms with Crippen molar-refractivity contribution in [3.8, 4) is 0 Å². The molecule has 0 amide bonds. The quantitative estimate of drug-likeness (QED) is 0.908.